The molecule has 2 nitrogen and oxygen atoms in total. The van der Waals surface area contributed by atoms with Crippen molar-refractivity contribution in [3.8, 4) is 0 Å². The smallest absolute Gasteiger partial charge is 0.224 e. The largest absolute Gasteiger partial charge is 0.330 e. The second-order valence-corrected chi connectivity index (χ2v) is 2.01. The van der Waals surface area contributed by atoms with Gasteiger partial charge in [0, 0.05) is 12.1 Å². The molecule has 0 saturated carbocycles. The number of carbonyl (C=O) groups excluding carboxylic acids is 1. The summed E-state index contributed by atoms with van der Waals surface area (Å²) in [5.74, 6) is 0.112. The van der Waals surface area contributed by atoms with Crippen LogP contribution in [0.3, 0.4) is 0 Å². The average molecular weight is 111 g/mol. The third-order valence-electron chi connectivity index (χ3n) is 1.20. The fourth-order valence-corrected chi connectivity index (χ4v) is 0.785. The van der Waals surface area contributed by atoms with Crippen molar-refractivity contribution in [2.24, 2.45) is 0 Å². The standard InChI is InChI=1S/C6H9NO/c1-5-3-2-4-6(8)7-5/h1-4H2,(H,7,8). The molecule has 1 heterocycles. The van der Waals surface area contributed by atoms with Crippen molar-refractivity contribution in [3.05, 3.63) is 12.3 Å². The maximum absolute atomic E-state index is 10.5. The first-order valence-electron chi connectivity index (χ1n) is 2.76. The molecule has 0 aliphatic carbocycles. The van der Waals surface area contributed by atoms with E-state index < -0.39 is 0 Å². The highest BCUT2D eigenvalue weighted by Crippen LogP contribution is 2.07. The van der Waals surface area contributed by atoms with Gasteiger partial charge in [-0.2, -0.15) is 0 Å². The van der Waals surface area contributed by atoms with E-state index in [1.54, 1.807) is 0 Å². The minimum absolute atomic E-state index is 0.112. The zero-order chi connectivity index (χ0) is 5.98. The number of piperidine rings is 1. The van der Waals surface area contributed by atoms with Crippen molar-refractivity contribution in [2.75, 3.05) is 0 Å². The van der Waals surface area contributed by atoms with E-state index in [9.17, 15) is 4.79 Å². The normalized spacial score (nSPS) is 20.5. The molecule has 8 heavy (non-hydrogen) atoms. The Kier molecular flexibility index (Phi) is 1.33. The minimum atomic E-state index is 0.112. The van der Waals surface area contributed by atoms with Crippen molar-refractivity contribution in [1.82, 2.24) is 5.32 Å². The fourth-order valence-electron chi connectivity index (χ4n) is 0.785. The van der Waals surface area contributed by atoms with Crippen LogP contribution in [0.5, 0.6) is 0 Å². The van der Waals surface area contributed by atoms with Crippen LogP contribution in [0, 0.1) is 0 Å². The van der Waals surface area contributed by atoms with Gasteiger partial charge in [-0.05, 0) is 12.8 Å². The maximum Gasteiger partial charge on any atom is 0.224 e. The van der Waals surface area contributed by atoms with E-state index in [2.05, 4.69) is 11.9 Å². The van der Waals surface area contributed by atoms with Gasteiger partial charge in [-0.15, -0.1) is 0 Å². The lowest BCUT2D eigenvalue weighted by Crippen LogP contribution is -2.25. The number of rotatable bonds is 0. The van der Waals surface area contributed by atoms with Crippen LogP contribution in [0.1, 0.15) is 19.3 Å². The van der Waals surface area contributed by atoms with Gasteiger partial charge in [-0.3, -0.25) is 4.79 Å². The number of nitrogens with one attached hydrogen (secondary N) is 1. The van der Waals surface area contributed by atoms with Crippen LogP contribution in [0.15, 0.2) is 12.3 Å². The Balaban J connectivity index is 2.45. The van der Waals surface area contributed by atoms with Gasteiger partial charge in [-0.1, -0.05) is 6.58 Å². The Labute approximate surface area is 48.6 Å². The fraction of sp³-hybridized carbons (Fsp3) is 0.500. The van der Waals surface area contributed by atoms with Gasteiger partial charge in [0.1, 0.15) is 0 Å². The molecule has 1 N–H and O–H groups in total. The molecule has 0 spiro atoms. The SMILES string of the molecule is C=C1CCCC(=O)N1. The summed E-state index contributed by atoms with van der Waals surface area (Å²) in [5, 5.41) is 2.65. The van der Waals surface area contributed by atoms with E-state index in [4.69, 9.17) is 0 Å². The van der Waals surface area contributed by atoms with Crippen molar-refractivity contribution in [3.63, 3.8) is 0 Å². The van der Waals surface area contributed by atoms with E-state index in [1.807, 2.05) is 0 Å². The zero-order valence-corrected chi connectivity index (χ0v) is 4.74. The Morgan fingerprint density at radius 2 is 2.25 bits per heavy atom. The molecular formula is C6H9NO. The maximum atomic E-state index is 10.5. The molecule has 44 valence electrons. The molecule has 0 aromatic carbocycles. The summed E-state index contributed by atoms with van der Waals surface area (Å²) in [5.41, 5.74) is 0.862. The third-order valence-corrected chi connectivity index (χ3v) is 1.20. The van der Waals surface area contributed by atoms with Crippen LogP contribution in [0.2, 0.25) is 0 Å². The van der Waals surface area contributed by atoms with Crippen LogP contribution >= 0.6 is 0 Å². The van der Waals surface area contributed by atoms with E-state index in [1.165, 1.54) is 0 Å². The van der Waals surface area contributed by atoms with Gasteiger partial charge in [0.05, 0.1) is 0 Å². The number of amides is 1. The van der Waals surface area contributed by atoms with Crippen molar-refractivity contribution < 1.29 is 4.79 Å². The summed E-state index contributed by atoms with van der Waals surface area (Å²) in [7, 11) is 0. The summed E-state index contributed by atoms with van der Waals surface area (Å²) < 4.78 is 0. The third kappa shape index (κ3) is 1.09. The van der Waals surface area contributed by atoms with Gasteiger partial charge < -0.3 is 5.32 Å². The monoisotopic (exact) mass is 111 g/mol. The summed E-state index contributed by atoms with van der Waals surface area (Å²) in [6.07, 6.45) is 2.58. The highest BCUT2D eigenvalue weighted by atomic mass is 16.1. The molecule has 1 aliphatic heterocycles. The van der Waals surface area contributed by atoms with E-state index in [0.29, 0.717) is 6.42 Å². The van der Waals surface area contributed by atoms with Gasteiger partial charge >= 0.3 is 0 Å². The molecule has 0 aromatic rings. The lowest BCUT2D eigenvalue weighted by molar-refractivity contribution is -0.121. The van der Waals surface area contributed by atoms with Crippen LogP contribution in [0.25, 0.3) is 0 Å². The quantitative estimate of drug-likeness (QED) is 0.492. The van der Waals surface area contributed by atoms with E-state index >= 15 is 0 Å². The average Bonchev–Trinajstić information content (AvgIpc) is 1.64. The molecule has 0 unspecified atom stereocenters. The highest BCUT2D eigenvalue weighted by molar-refractivity contribution is 5.78. The van der Waals surface area contributed by atoms with E-state index in [-0.39, 0.29) is 5.91 Å². The molecule has 1 aliphatic rings. The lowest BCUT2D eigenvalue weighted by Gasteiger charge is -2.12. The Hall–Kier alpha value is -0.790. The van der Waals surface area contributed by atoms with Gasteiger partial charge in [0.2, 0.25) is 5.91 Å². The number of allylic oxidation sites excluding steroid dienone is 1. The van der Waals surface area contributed by atoms with Crippen LogP contribution < -0.4 is 5.32 Å². The first-order chi connectivity index (χ1) is 3.79. The first-order valence-corrected chi connectivity index (χ1v) is 2.76. The predicted molar refractivity (Wildman–Crippen MR) is 31.1 cm³/mol. The molecule has 0 radical (unpaired) electrons. The molecule has 1 saturated heterocycles. The highest BCUT2D eigenvalue weighted by Gasteiger charge is 2.08. The lowest BCUT2D eigenvalue weighted by atomic mass is 10.1. The Bertz CT molecular complexity index is 114. The molecule has 0 atom stereocenters. The zero-order valence-electron chi connectivity index (χ0n) is 4.74. The first kappa shape index (κ1) is 5.35. The number of hydrogen-bond donors (Lipinski definition) is 1. The van der Waals surface area contributed by atoms with Crippen molar-refractivity contribution in [1.29, 1.82) is 0 Å². The second-order valence-electron chi connectivity index (χ2n) is 2.01. The number of hydrogen-bond acceptors (Lipinski definition) is 1. The topological polar surface area (TPSA) is 29.1 Å². The van der Waals surface area contributed by atoms with Gasteiger partial charge in [0.25, 0.3) is 0 Å². The van der Waals surface area contributed by atoms with Gasteiger partial charge in [0.15, 0.2) is 0 Å². The summed E-state index contributed by atoms with van der Waals surface area (Å²) >= 11 is 0. The minimum Gasteiger partial charge on any atom is -0.330 e. The Morgan fingerprint density at radius 1 is 1.50 bits per heavy atom. The molecule has 1 rings (SSSR count). The summed E-state index contributed by atoms with van der Waals surface area (Å²) in [6, 6.07) is 0. The van der Waals surface area contributed by atoms with Crippen LogP contribution in [0.4, 0.5) is 0 Å². The molecule has 0 bridgehead atoms. The second kappa shape index (κ2) is 1.99. The molecule has 0 aromatic heterocycles. The van der Waals surface area contributed by atoms with Gasteiger partial charge in [-0.25, -0.2) is 0 Å². The molecule has 1 amide bonds. The molecule has 2 heteroatoms. The van der Waals surface area contributed by atoms with Crippen molar-refractivity contribution in [2.45, 2.75) is 19.3 Å². The molecular weight excluding hydrogens is 102 g/mol. The van der Waals surface area contributed by atoms with Crippen LogP contribution in [-0.2, 0) is 4.79 Å². The van der Waals surface area contributed by atoms with Crippen molar-refractivity contribution >= 4 is 5.91 Å². The number of carbonyl (C=O) groups is 1. The van der Waals surface area contributed by atoms with Crippen LogP contribution in [-0.4, -0.2) is 5.91 Å². The Morgan fingerprint density at radius 3 is 2.62 bits per heavy atom. The van der Waals surface area contributed by atoms with E-state index in [0.717, 1.165) is 18.5 Å². The predicted octanol–water partition coefficient (Wildman–Crippen LogP) is 0.800. The molecule has 1 fully saturated rings. The summed E-state index contributed by atoms with van der Waals surface area (Å²) in [6.45, 7) is 3.63. The summed E-state index contributed by atoms with van der Waals surface area (Å²) in [4.78, 5) is 10.5.